The molecule has 1 heterocycles. The number of hydrazone groups is 1. The van der Waals surface area contributed by atoms with Crippen molar-refractivity contribution in [1.29, 1.82) is 0 Å². The van der Waals surface area contributed by atoms with Gasteiger partial charge in [-0.3, -0.25) is 19.9 Å². The molecule has 23 heavy (non-hydrogen) atoms. The van der Waals surface area contributed by atoms with Gasteiger partial charge in [-0.15, -0.1) is 0 Å². The van der Waals surface area contributed by atoms with E-state index < -0.39 is 10.8 Å². The number of nitro groups is 1. The van der Waals surface area contributed by atoms with E-state index >= 15 is 0 Å². The van der Waals surface area contributed by atoms with Crippen LogP contribution in [-0.2, 0) is 0 Å². The number of nitrogens with zero attached hydrogens (tertiary/aromatic N) is 4. The van der Waals surface area contributed by atoms with Gasteiger partial charge in [-0.2, -0.15) is 5.10 Å². The van der Waals surface area contributed by atoms with Crippen molar-refractivity contribution in [2.45, 2.75) is 0 Å². The summed E-state index contributed by atoms with van der Waals surface area (Å²) in [5, 5.41) is 14.9. The van der Waals surface area contributed by atoms with Gasteiger partial charge in [0, 0.05) is 38.1 Å². The number of carbonyl (C=O) groups excluding carboxylic acids is 1. The van der Waals surface area contributed by atoms with E-state index in [9.17, 15) is 14.9 Å². The van der Waals surface area contributed by atoms with Gasteiger partial charge in [0.15, 0.2) is 0 Å². The van der Waals surface area contributed by atoms with Crippen molar-refractivity contribution in [3.05, 3.63) is 64.0 Å². The van der Waals surface area contributed by atoms with Crippen LogP contribution < -0.4 is 10.3 Å². The molecule has 2 rings (SSSR count). The summed E-state index contributed by atoms with van der Waals surface area (Å²) in [6.07, 6.45) is 4.33. The molecule has 0 aliphatic heterocycles. The molecule has 0 radical (unpaired) electrons. The zero-order chi connectivity index (χ0) is 16.8. The van der Waals surface area contributed by atoms with Crippen LogP contribution in [0.4, 0.5) is 11.4 Å². The molecule has 0 fully saturated rings. The largest absolute Gasteiger partial charge is 0.372 e. The van der Waals surface area contributed by atoms with Crippen LogP contribution in [0.2, 0.25) is 0 Å². The number of aromatic nitrogens is 1. The molecule has 2 aromatic rings. The van der Waals surface area contributed by atoms with Crippen molar-refractivity contribution in [3.8, 4) is 0 Å². The second-order valence-corrected chi connectivity index (χ2v) is 4.84. The van der Waals surface area contributed by atoms with Crippen LogP contribution in [0, 0.1) is 10.1 Å². The van der Waals surface area contributed by atoms with Crippen molar-refractivity contribution >= 4 is 23.5 Å². The monoisotopic (exact) mass is 313 g/mol. The Morgan fingerprint density at radius 1 is 1.39 bits per heavy atom. The Kier molecular flexibility index (Phi) is 4.98. The lowest BCUT2D eigenvalue weighted by atomic mass is 10.2. The van der Waals surface area contributed by atoms with Gasteiger partial charge >= 0.3 is 0 Å². The standard InChI is InChI=1S/C15H15N5O3/c1-19(2)13-6-5-11(8-14(13)20(22)23)9-17-18-15(21)12-4-3-7-16-10-12/h3-10H,1-2H3,(H,18,21)/b17-9-. The quantitative estimate of drug-likeness (QED) is 0.515. The number of nitrogens with one attached hydrogen (secondary N) is 1. The molecule has 1 aromatic heterocycles. The summed E-state index contributed by atoms with van der Waals surface area (Å²) < 4.78 is 0. The molecular weight excluding hydrogens is 298 g/mol. The topological polar surface area (TPSA) is 101 Å². The molecule has 0 saturated heterocycles. The van der Waals surface area contributed by atoms with E-state index in [-0.39, 0.29) is 5.69 Å². The lowest BCUT2D eigenvalue weighted by Crippen LogP contribution is -2.17. The number of anilines is 1. The number of rotatable bonds is 5. The molecule has 8 heteroatoms. The Labute approximate surface area is 132 Å². The van der Waals surface area contributed by atoms with E-state index in [4.69, 9.17) is 0 Å². The highest BCUT2D eigenvalue weighted by molar-refractivity contribution is 5.94. The Bertz CT molecular complexity index is 744. The van der Waals surface area contributed by atoms with E-state index in [1.807, 2.05) is 0 Å². The van der Waals surface area contributed by atoms with Gasteiger partial charge in [0.05, 0.1) is 16.7 Å². The predicted molar refractivity (Wildman–Crippen MR) is 86.7 cm³/mol. The molecule has 118 valence electrons. The minimum atomic E-state index is -0.457. The van der Waals surface area contributed by atoms with E-state index in [0.717, 1.165) is 0 Å². The third kappa shape index (κ3) is 4.10. The minimum absolute atomic E-state index is 0.0301. The zero-order valence-corrected chi connectivity index (χ0v) is 12.6. The molecule has 0 bridgehead atoms. The van der Waals surface area contributed by atoms with Crippen LogP contribution in [-0.4, -0.2) is 36.1 Å². The summed E-state index contributed by atoms with van der Waals surface area (Å²) in [7, 11) is 3.45. The number of hydrogen-bond donors (Lipinski definition) is 1. The highest BCUT2D eigenvalue weighted by atomic mass is 16.6. The molecule has 0 aliphatic carbocycles. The number of carbonyl (C=O) groups is 1. The zero-order valence-electron chi connectivity index (χ0n) is 12.6. The lowest BCUT2D eigenvalue weighted by molar-refractivity contribution is -0.384. The summed E-state index contributed by atoms with van der Waals surface area (Å²) in [5.41, 5.74) is 3.69. The van der Waals surface area contributed by atoms with Crippen molar-refractivity contribution in [2.75, 3.05) is 19.0 Å². The molecule has 0 spiro atoms. The Hall–Kier alpha value is -3.29. The molecule has 0 atom stereocenters. The fraction of sp³-hybridized carbons (Fsp3) is 0.133. The number of pyridine rings is 1. The molecule has 0 aliphatic rings. The van der Waals surface area contributed by atoms with Gasteiger partial charge in [0.1, 0.15) is 5.69 Å². The van der Waals surface area contributed by atoms with Crippen molar-refractivity contribution in [3.63, 3.8) is 0 Å². The molecule has 1 amide bonds. The summed E-state index contributed by atoms with van der Waals surface area (Å²) in [5.74, 6) is -0.409. The Balaban J connectivity index is 2.12. The summed E-state index contributed by atoms with van der Waals surface area (Å²) >= 11 is 0. The average molecular weight is 313 g/mol. The van der Waals surface area contributed by atoms with Crippen LogP contribution in [0.3, 0.4) is 0 Å². The predicted octanol–water partition coefficient (Wildman–Crippen LogP) is 1.82. The lowest BCUT2D eigenvalue weighted by Gasteiger charge is -2.12. The summed E-state index contributed by atoms with van der Waals surface area (Å²) in [6, 6.07) is 7.95. The van der Waals surface area contributed by atoms with Gasteiger partial charge in [-0.1, -0.05) is 6.07 Å². The van der Waals surface area contributed by atoms with Crippen LogP contribution >= 0.6 is 0 Å². The maximum Gasteiger partial charge on any atom is 0.293 e. The first kappa shape index (κ1) is 16.1. The fourth-order valence-electron chi connectivity index (χ4n) is 1.87. The molecule has 8 nitrogen and oxygen atoms in total. The van der Waals surface area contributed by atoms with Crippen LogP contribution in [0.25, 0.3) is 0 Å². The second-order valence-electron chi connectivity index (χ2n) is 4.84. The first-order valence-electron chi connectivity index (χ1n) is 6.68. The van der Waals surface area contributed by atoms with Crippen molar-refractivity contribution < 1.29 is 9.72 Å². The van der Waals surface area contributed by atoms with Crippen LogP contribution in [0.5, 0.6) is 0 Å². The Morgan fingerprint density at radius 2 is 2.17 bits per heavy atom. The average Bonchev–Trinajstić information content (AvgIpc) is 2.55. The van der Waals surface area contributed by atoms with Crippen LogP contribution in [0.15, 0.2) is 47.8 Å². The highest BCUT2D eigenvalue weighted by Crippen LogP contribution is 2.27. The van der Waals surface area contributed by atoms with Gasteiger partial charge < -0.3 is 4.90 Å². The van der Waals surface area contributed by atoms with E-state index in [1.54, 1.807) is 49.5 Å². The highest BCUT2D eigenvalue weighted by Gasteiger charge is 2.15. The van der Waals surface area contributed by atoms with E-state index in [0.29, 0.717) is 16.8 Å². The Morgan fingerprint density at radius 3 is 2.78 bits per heavy atom. The maximum absolute atomic E-state index is 11.8. The molecule has 0 saturated carbocycles. The van der Waals surface area contributed by atoms with E-state index in [2.05, 4.69) is 15.5 Å². The van der Waals surface area contributed by atoms with Crippen LogP contribution in [0.1, 0.15) is 15.9 Å². The normalized spacial score (nSPS) is 10.5. The SMILES string of the molecule is CN(C)c1ccc(/C=N\NC(=O)c2cccnc2)cc1[N+](=O)[O-]. The number of nitro benzene ring substituents is 1. The third-order valence-corrected chi connectivity index (χ3v) is 2.98. The van der Waals surface area contributed by atoms with Crippen molar-refractivity contribution in [2.24, 2.45) is 5.10 Å². The smallest absolute Gasteiger partial charge is 0.293 e. The van der Waals surface area contributed by atoms with Gasteiger partial charge in [-0.25, -0.2) is 5.43 Å². The number of amides is 1. The minimum Gasteiger partial charge on any atom is -0.372 e. The van der Waals surface area contributed by atoms with Crippen molar-refractivity contribution in [1.82, 2.24) is 10.4 Å². The first-order valence-corrected chi connectivity index (χ1v) is 6.68. The molecule has 1 N–H and O–H groups in total. The fourth-order valence-corrected chi connectivity index (χ4v) is 1.87. The van der Waals surface area contributed by atoms with Gasteiger partial charge in [-0.05, 0) is 18.2 Å². The first-order chi connectivity index (χ1) is 11.0. The summed E-state index contributed by atoms with van der Waals surface area (Å²) in [6.45, 7) is 0. The molecule has 1 aromatic carbocycles. The van der Waals surface area contributed by atoms with Gasteiger partial charge in [0.25, 0.3) is 11.6 Å². The third-order valence-electron chi connectivity index (χ3n) is 2.98. The van der Waals surface area contributed by atoms with Gasteiger partial charge in [0.2, 0.25) is 0 Å². The number of benzene rings is 1. The number of hydrogen-bond acceptors (Lipinski definition) is 6. The summed E-state index contributed by atoms with van der Waals surface area (Å²) in [4.78, 5) is 27.9. The molecule has 0 unspecified atom stereocenters. The second kappa shape index (κ2) is 7.12. The van der Waals surface area contributed by atoms with E-state index in [1.165, 1.54) is 18.5 Å². The molecular formula is C15H15N5O3. The maximum atomic E-state index is 11.8.